The smallest absolute Gasteiger partial charge is 0.287 e. The van der Waals surface area contributed by atoms with Gasteiger partial charge >= 0.3 is 0 Å². The lowest BCUT2D eigenvalue weighted by molar-refractivity contribution is -0.115. The third-order valence-corrected chi connectivity index (χ3v) is 6.07. The van der Waals surface area contributed by atoms with Crippen LogP contribution in [0.5, 0.6) is 0 Å². The van der Waals surface area contributed by atoms with Gasteiger partial charge in [-0.2, -0.15) is 8.78 Å². The van der Waals surface area contributed by atoms with Gasteiger partial charge in [-0.1, -0.05) is 42.5 Å². The highest BCUT2D eigenvalue weighted by Gasteiger charge is 2.26. The number of rotatable bonds is 6. The third-order valence-electron chi connectivity index (χ3n) is 6.07. The largest absolute Gasteiger partial charge is 0.326 e. The van der Waals surface area contributed by atoms with E-state index in [9.17, 15) is 18.0 Å². The molecule has 1 aliphatic carbocycles. The molecule has 0 bridgehead atoms. The zero-order chi connectivity index (χ0) is 25.3. The highest BCUT2D eigenvalue weighted by molar-refractivity contribution is 5.92. The Kier molecular flexibility index (Phi) is 6.14. The quantitative estimate of drug-likeness (QED) is 0.332. The Morgan fingerprint density at radius 2 is 1.78 bits per heavy atom. The van der Waals surface area contributed by atoms with Gasteiger partial charge in [0.25, 0.3) is 5.92 Å². The van der Waals surface area contributed by atoms with Gasteiger partial charge in [0.2, 0.25) is 5.91 Å². The lowest BCUT2D eigenvalue weighted by atomic mass is 10.0. The molecule has 0 aliphatic heterocycles. The summed E-state index contributed by atoms with van der Waals surface area (Å²) in [6.45, 7) is 0.729. The van der Waals surface area contributed by atoms with Crippen molar-refractivity contribution in [1.29, 1.82) is 0 Å². The number of aromatic nitrogens is 2. The molecular weight excluding hydrogens is 463 g/mol. The Balaban J connectivity index is 1.30. The Morgan fingerprint density at radius 3 is 2.53 bits per heavy atom. The molecule has 4 nitrogen and oxygen atoms in total. The summed E-state index contributed by atoms with van der Waals surface area (Å²) >= 11 is 0. The molecule has 2 aromatic heterocycles. The minimum atomic E-state index is -3.13. The van der Waals surface area contributed by atoms with E-state index in [1.165, 1.54) is 23.9 Å². The lowest BCUT2D eigenvalue weighted by Gasteiger charge is -2.12. The minimum absolute atomic E-state index is 0.177. The number of allylic oxidation sites excluding steroid dienone is 1. The number of nitrogens with zero attached hydrogens (tertiary/aromatic N) is 2. The van der Waals surface area contributed by atoms with E-state index in [4.69, 9.17) is 0 Å². The number of benzene rings is 2. The second kappa shape index (κ2) is 9.41. The molecule has 0 spiro atoms. The summed E-state index contributed by atoms with van der Waals surface area (Å²) in [7, 11) is 0. The fourth-order valence-corrected chi connectivity index (χ4v) is 4.19. The van der Waals surface area contributed by atoms with Gasteiger partial charge in [0.1, 0.15) is 11.5 Å². The summed E-state index contributed by atoms with van der Waals surface area (Å²) in [5, 5.41) is 2.53. The normalized spacial score (nSPS) is 12.7. The van der Waals surface area contributed by atoms with E-state index >= 15 is 0 Å². The van der Waals surface area contributed by atoms with Crippen LogP contribution in [0.3, 0.4) is 0 Å². The van der Waals surface area contributed by atoms with Crippen molar-refractivity contribution in [2.75, 3.05) is 5.32 Å². The number of pyridine rings is 2. The number of fused-ring (bicyclic) bond motifs is 1. The highest BCUT2D eigenvalue weighted by atomic mass is 19.3. The number of halogens is 3. The van der Waals surface area contributed by atoms with Crippen LogP contribution in [0.15, 0.2) is 79.1 Å². The van der Waals surface area contributed by atoms with E-state index in [2.05, 4.69) is 33.5 Å². The van der Waals surface area contributed by atoms with Crippen LogP contribution in [0.25, 0.3) is 22.8 Å². The van der Waals surface area contributed by atoms with Crippen molar-refractivity contribution in [3.8, 4) is 11.1 Å². The molecule has 0 fully saturated rings. The summed E-state index contributed by atoms with van der Waals surface area (Å²) in [6.07, 6.45) is 5.54. The predicted octanol–water partition coefficient (Wildman–Crippen LogP) is 6.67. The first-order valence-corrected chi connectivity index (χ1v) is 11.4. The Morgan fingerprint density at radius 1 is 0.972 bits per heavy atom. The molecule has 0 saturated heterocycles. The molecule has 180 valence electrons. The van der Waals surface area contributed by atoms with E-state index < -0.39 is 23.3 Å². The molecule has 0 unspecified atom stereocenters. The molecule has 2 heterocycles. The third kappa shape index (κ3) is 5.05. The molecule has 0 radical (unpaired) electrons. The standard InChI is InChI=1S/C29H22F3N3O/c1-29(31,32)27-16-24(9-10-33-27)35-28(36)15-20-8-7-19(13-25(20)30)23-12-22-11-21(14-26(22)34-17-23)18-5-3-2-4-6-18/h2-13,16-17H,14-15H2,1H3,(H,33,35,36). The molecule has 1 N–H and O–H groups in total. The van der Waals surface area contributed by atoms with E-state index in [0.29, 0.717) is 5.56 Å². The van der Waals surface area contributed by atoms with E-state index in [0.717, 1.165) is 41.8 Å². The van der Waals surface area contributed by atoms with Crippen LogP contribution in [0, 0.1) is 5.82 Å². The van der Waals surface area contributed by atoms with Gasteiger partial charge in [-0.3, -0.25) is 14.8 Å². The Bertz CT molecular complexity index is 1480. The minimum Gasteiger partial charge on any atom is -0.326 e. The molecular formula is C29H22F3N3O. The second-order valence-corrected chi connectivity index (χ2v) is 8.82. The van der Waals surface area contributed by atoms with Gasteiger partial charge in [0.05, 0.1) is 12.1 Å². The molecule has 4 aromatic rings. The maximum Gasteiger partial charge on any atom is 0.287 e. The first-order chi connectivity index (χ1) is 17.3. The van der Waals surface area contributed by atoms with Crippen LogP contribution >= 0.6 is 0 Å². The van der Waals surface area contributed by atoms with Gasteiger partial charge in [-0.05, 0) is 58.2 Å². The molecule has 2 aromatic carbocycles. The topological polar surface area (TPSA) is 54.9 Å². The Hall–Kier alpha value is -4.26. The molecule has 1 aliphatic rings. The fourth-order valence-electron chi connectivity index (χ4n) is 4.19. The summed E-state index contributed by atoms with van der Waals surface area (Å²) in [5.41, 5.74) is 5.67. The van der Waals surface area contributed by atoms with Crippen LogP contribution in [-0.4, -0.2) is 15.9 Å². The maximum absolute atomic E-state index is 14.9. The number of hydrogen-bond acceptors (Lipinski definition) is 3. The summed E-state index contributed by atoms with van der Waals surface area (Å²) in [5.74, 6) is -4.18. The van der Waals surface area contributed by atoms with Crippen molar-refractivity contribution in [2.24, 2.45) is 0 Å². The summed E-state index contributed by atoms with van der Waals surface area (Å²) in [6, 6.07) is 19.3. The molecule has 7 heteroatoms. The van der Waals surface area contributed by atoms with E-state index in [1.807, 2.05) is 24.3 Å². The van der Waals surface area contributed by atoms with Gasteiger partial charge < -0.3 is 5.32 Å². The SMILES string of the molecule is CC(F)(F)c1cc(NC(=O)Cc2ccc(-c3cnc4c(c3)C=C(c3ccccc3)C4)cc2F)ccn1. The van der Waals surface area contributed by atoms with Crippen molar-refractivity contribution in [2.45, 2.75) is 25.7 Å². The van der Waals surface area contributed by atoms with Gasteiger partial charge in [0, 0.05) is 37.0 Å². The molecule has 36 heavy (non-hydrogen) atoms. The number of alkyl halides is 2. The second-order valence-electron chi connectivity index (χ2n) is 8.82. The monoisotopic (exact) mass is 485 g/mol. The van der Waals surface area contributed by atoms with Crippen LogP contribution in [0.1, 0.15) is 35.0 Å². The van der Waals surface area contributed by atoms with Gasteiger partial charge in [-0.15, -0.1) is 0 Å². The number of carbonyl (C=O) groups excluding carboxylic acids is 1. The zero-order valence-electron chi connectivity index (χ0n) is 19.4. The predicted molar refractivity (Wildman–Crippen MR) is 134 cm³/mol. The van der Waals surface area contributed by atoms with Gasteiger partial charge in [-0.25, -0.2) is 4.39 Å². The first kappa shape index (κ1) is 23.5. The fraction of sp³-hybridized carbons (Fsp3) is 0.138. The highest BCUT2D eigenvalue weighted by Crippen LogP contribution is 2.33. The van der Waals surface area contributed by atoms with E-state index in [-0.39, 0.29) is 17.7 Å². The average molecular weight is 486 g/mol. The van der Waals surface area contributed by atoms with Crippen LogP contribution < -0.4 is 5.32 Å². The van der Waals surface area contributed by atoms with Crippen molar-refractivity contribution in [3.05, 3.63) is 113 Å². The number of hydrogen-bond donors (Lipinski definition) is 1. The lowest BCUT2D eigenvalue weighted by Crippen LogP contribution is -2.16. The van der Waals surface area contributed by atoms with Crippen LogP contribution in [0.2, 0.25) is 0 Å². The Labute approximate surface area is 206 Å². The van der Waals surface area contributed by atoms with Crippen molar-refractivity contribution >= 4 is 23.2 Å². The number of amides is 1. The number of nitrogens with one attached hydrogen (secondary N) is 1. The summed E-state index contributed by atoms with van der Waals surface area (Å²) < 4.78 is 41.9. The number of carbonyl (C=O) groups is 1. The van der Waals surface area contributed by atoms with Crippen molar-refractivity contribution < 1.29 is 18.0 Å². The summed E-state index contributed by atoms with van der Waals surface area (Å²) in [4.78, 5) is 20.6. The number of anilines is 1. The molecule has 0 saturated carbocycles. The first-order valence-electron chi connectivity index (χ1n) is 11.4. The van der Waals surface area contributed by atoms with Gasteiger partial charge in [0.15, 0.2) is 0 Å². The molecule has 5 rings (SSSR count). The van der Waals surface area contributed by atoms with Crippen molar-refractivity contribution in [1.82, 2.24) is 9.97 Å². The van der Waals surface area contributed by atoms with E-state index in [1.54, 1.807) is 18.3 Å². The maximum atomic E-state index is 14.9. The zero-order valence-corrected chi connectivity index (χ0v) is 19.4. The van der Waals surface area contributed by atoms with Crippen LogP contribution in [0.4, 0.5) is 18.9 Å². The molecule has 1 amide bonds. The van der Waals surface area contributed by atoms with Crippen LogP contribution in [-0.2, 0) is 23.6 Å². The average Bonchev–Trinajstić information content (AvgIpc) is 3.29. The molecule has 0 atom stereocenters. The van der Waals surface area contributed by atoms with Crippen molar-refractivity contribution in [3.63, 3.8) is 0 Å².